The van der Waals surface area contributed by atoms with Crippen molar-refractivity contribution in [3.8, 4) is 5.75 Å². The highest BCUT2D eigenvalue weighted by Gasteiger charge is 2.22. The Kier molecular flexibility index (Phi) is 3.85. The lowest BCUT2D eigenvalue weighted by atomic mass is 10.0. The summed E-state index contributed by atoms with van der Waals surface area (Å²) in [5.74, 6) is 0.805. The lowest BCUT2D eigenvalue weighted by molar-refractivity contribution is 0.232. The molecule has 2 aromatic carbocycles. The van der Waals surface area contributed by atoms with Gasteiger partial charge in [0.15, 0.2) is 0 Å². The summed E-state index contributed by atoms with van der Waals surface area (Å²) in [7, 11) is 0. The summed E-state index contributed by atoms with van der Waals surface area (Å²) in [6.45, 7) is 0.566. The molecule has 6 heteroatoms. The quantitative estimate of drug-likeness (QED) is 0.703. The first kappa shape index (κ1) is 15.3. The van der Waals surface area contributed by atoms with Crippen molar-refractivity contribution in [3.05, 3.63) is 70.6 Å². The number of benzene rings is 2. The predicted molar refractivity (Wildman–Crippen MR) is 93.9 cm³/mol. The fourth-order valence-corrected chi connectivity index (χ4v) is 2.97. The van der Waals surface area contributed by atoms with Crippen LogP contribution in [0.15, 0.2) is 63.8 Å². The summed E-state index contributed by atoms with van der Waals surface area (Å²) in [6.07, 6.45) is 0.716. The second kappa shape index (κ2) is 6.32. The highest BCUT2D eigenvalue weighted by Crippen LogP contribution is 2.31. The third kappa shape index (κ3) is 3.19. The van der Waals surface area contributed by atoms with Crippen LogP contribution in [0.5, 0.6) is 5.75 Å². The van der Waals surface area contributed by atoms with Crippen molar-refractivity contribution < 1.29 is 13.9 Å². The number of amides is 2. The van der Waals surface area contributed by atoms with Gasteiger partial charge in [-0.2, -0.15) is 0 Å². The molecule has 25 heavy (non-hydrogen) atoms. The van der Waals surface area contributed by atoms with Crippen molar-refractivity contribution >= 4 is 22.7 Å². The first-order valence-electron chi connectivity index (χ1n) is 8.02. The lowest BCUT2D eigenvalue weighted by Crippen LogP contribution is -2.35. The molecule has 3 aromatic rings. The Morgan fingerprint density at radius 2 is 1.96 bits per heavy atom. The second-order valence-corrected chi connectivity index (χ2v) is 5.83. The van der Waals surface area contributed by atoms with Gasteiger partial charge in [0.1, 0.15) is 11.3 Å². The first-order chi connectivity index (χ1) is 12.2. The third-order valence-electron chi connectivity index (χ3n) is 4.14. The van der Waals surface area contributed by atoms with Crippen LogP contribution in [0.2, 0.25) is 0 Å². The number of anilines is 1. The summed E-state index contributed by atoms with van der Waals surface area (Å²) in [5.41, 5.74) is 1.68. The van der Waals surface area contributed by atoms with E-state index in [1.807, 2.05) is 24.3 Å². The first-order valence-corrected chi connectivity index (χ1v) is 8.02. The Labute approximate surface area is 143 Å². The van der Waals surface area contributed by atoms with Crippen LogP contribution in [0.3, 0.4) is 0 Å². The molecule has 1 unspecified atom stereocenters. The van der Waals surface area contributed by atoms with E-state index < -0.39 is 5.63 Å². The highest BCUT2D eigenvalue weighted by molar-refractivity contribution is 5.92. The Morgan fingerprint density at radius 3 is 2.88 bits per heavy atom. The van der Waals surface area contributed by atoms with Gasteiger partial charge in [0.2, 0.25) is 0 Å². The van der Waals surface area contributed by atoms with E-state index in [0.29, 0.717) is 24.3 Å². The van der Waals surface area contributed by atoms with Gasteiger partial charge in [0.05, 0.1) is 12.6 Å². The topological polar surface area (TPSA) is 80.6 Å². The van der Waals surface area contributed by atoms with Crippen LogP contribution >= 0.6 is 0 Å². The zero-order chi connectivity index (χ0) is 17.2. The van der Waals surface area contributed by atoms with E-state index in [1.165, 1.54) is 6.07 Å². The number of nitrogens with one attached hydrogen (secondary N) is 2. The molecule has 4 rings (SSSR count). The van der Waals surface area contributed by atoms with Crippen LogP contribution in [-0.2, 0) is 0 Å². The molecule has 0 saturated carbocycles. The van der Waals surface area contributed by atoms with Gasteiger partial charge in [-0.3, -0.25) is 0 Å². The number of para-hydroxylation sites is 1. The summed E-state index contributed by atoms with van der Waals surface area (Å²) >= 11 is 0. The molecule has 2 heterocycles. The molecular weight excluding hydrogens is 320 g/mol. The molecule has 1 aliphatic heterocycles. The monoisotopic (exact) mass is 336 g/mol. The molecule has 126 valence electrons. The van der Waals surface area contributed by atoms with Gasteiger partial charge in [-0.1, -0.05) is 18.2 Å². The zero-order valence-corrected chi connectivity index (χ0v) is 13.3. The van der Waals surface area contributed by atoms with Crippen LogP contribution in [-0.4, -0.2) is 12.6 Å². The molecule has 0 saturated heterocycles. The van der Waals surface area contributed by atoms with Gasteiger partial charge in [-0.15, -0.1) is 0 Å². The van der Waals surface area contributed by atoms with Crippen molar-refractivity contribution in [2.75, 3.05) is 11.9 Å². The average Bonchev–Trinajstić information content (AvgIpc) is 2.62. The molecule has 1 aliphatic rings. The minimum atomic E-state index is -0.399. The maximum Gasteiger partial charge on any atom is 0.336 e. The highest BCUT2D eigenvalue weighted by atomic mass is 16.5. The van der Waals surface area contributed by atoms with E-state index in [9.17, 15) is 9.59 Å². The molecule has 2 N–H and O–H groups in total. The van der Waals surface area contributed by atoms with Crippen LogP contribution in [0.25, 0.3) is 11.0 Å². The van der Waals surface area contributed by atoms with Crippen molar-refractivity contribution in [1.82, 2.24) is 5.32 Å². The van der Waals surface area contributed by atoms with Crippen molar-refractivity contribution in [1.29, 1.82) is 0 Å². The van der Waals surface area contributed by atoms with Crippen molar-refractivity contribution in [3.63, 3.8) is 0 Å². The fourth-order valence-electron chi connectivity index (χ4n) is 2.97. The molecular formula is C19H16N2O4. The largest absolute Gasteiger partial charge is 0.493 e. The number of rotatable bonds is 2. The molecule has 0 radical (unpaired) electrons. The van der Waals surface area contributed by atoms with Gasteiger partial charge >= 0.3 is 11.7 Å². The predicted octanol–water partition coefficient (Wildman–Crippen LogP) is 3.44. The normalized spacial score (nSPS) is 15.9. The lowest BCUT2D eigenvalue weighted by Gasteiger charge is -2.26. The summed E-state index contributed by atoms with van der Waals surface area (Å²) in [5, 5.41) is 6.54. The number of carbonyl (C=O) groups is 1. The second-order valence-electron chi connectivity index (χ2n) is 5.83. The summed E-state index contributed by atoms with van der Waals surface area (Å²) in [6, 6.07) is 15.4. The number of hydrogen-bond donors (Lipinski definition) is 2. The summed E-state index contributed by atoms with van der Waals surface area (Å²) < 4.78 is 10.7. The van der Waals surface area contributed by atoms with Crippen LogP contribution in [0, 0.1) is 0 Å². The van der Waals surface area contributed by atoms with E-state index in [0.717, 1.165) is 16.7 Å². The Morgan fingerprint density at radius 1 is 1.08 bits per heavy atom. The van der Waals surface area contributed by atoms with Crippen LogP contribution in [0.4, 0.5) is 10.5 Å². The molecule has 0 bridgehead atoms. The van der Waals surface area contributed by atoms with Gasteiger partial charge in [-0.05, 0) is 30.3 Å². The van der Waals surface area contributed by atoms with E-state index in [2.05, 4.69) is 10.6 Å². The number of ether oxygens (including phenoxy) is 1. The van der Waals surface area contributed by atoms with Gasteiger partial charge in [0, 0.05) is 29.1 Å². The van der Waals surface area contributed by atoms with Crippen LogP contribution in [0.1, 0.15) is 18.0 Å². The number of hydrogen-bond acceptors (Lipinski definition) is 4. The zero-order valence-electron chi connectivity index (χ0n) is 13.3. The minimum Gasteiger partial charge on any atom is -0.493 e. The molecule has 0 spiro atoms. The summed E-state index contributed by atoms with van der Waals surface area (Å²) in [4.78, 5) is 23.6. The molecule has 2 amide bonds. The van der Waals surface area contributed by atoms with Gasteiger partial charge in [0.25, 0.3) is 0 Å². The number of carbonyl (C=O) groups excluding carboxylic acids is 1. The Hall–Kier alpha value is -3.28. The molecule has 1 aromatic heterocycles. The Balaban J connectivity index is 1.49. The third-order valence-corrected chi connectivity index (χ3v) is 4.14. The number of urea groups is 1. The van der Waals surface area contributed by atoms with Crippen molar-refractivity contribution in [2.45, 2.75) is 12.5 Å². The van der Waals surface area contributed by atoms with Crippen molar-refractivity contribution in [2.24, 2.45) is 0 Å². The Bertz CT molecular complexity index is 996. The molecule has 0 aliphatic carbocycles. The molecule has 0 fully saturated rings. The SMILES string of the molecule is O=C(Nc1ccc2oc(=O)ccc2c1)NC1CCOc2ccccc21. The standard InChI is InChI=1S/C19H16N2O4/c22-18-8-5-12-11-13(6-7-16(12)25-18)20-19(23)21-15-9-10-24-17-4-2-1-3-14(15)17/h1-8,11,15H,9-10H2,(H2,20,21,23). The maximum atomic E-state index is 12.3. The average molecular weight is 336 g/mol. The molecule has 6 nitrogen and oxygen atoms in total. The van der Waals surface area contributed by atoms with E-state index in [-0.39, 0.29) is 12.1 Å². The molecule has 1 atom stereocenters. The van der Waals surface area contributed by atoms with Gasteiger partial charge < -0.3 is 19.8 Å². The number of fused-ring (bicyclic) bond motifs is 2. The van der Waals surface area contributed by atoms with Crippen LogP contribution < -0.4 is 21.0 Å². The smallest absolute Gasteiger partial charge is 0.336 e. The minimum absolute atomic E-state index is 0.0940. The van der Waals surface area contributed by atoms with E-state index >= 15 is 0 Å². The van der Waals surface area contributed by atoms with E-state index in [4.69, 9.17) is 9.15 Å². The van der Waals surface area contributed by atoms with Gasteiger partial charge in [-0.25, -0.2) is 9.59 Å². The fraction of sp³-hybridized carbons (Fsp3) is 0.158. The maximum absolute atomic E-state index is 12.3. The van der Waals surface area contributed by atoms with E-state index in [1.54, 1.807) is 24.3 Å².